The first-order chi connectivity index (χ1) is 19.0. The molecule has 0 aromatic heterocycles. The Morgan fingerprint density at radius 1 is 1.00 bits per heavy atom. The standard InChI is InChI=1S/C32H29FN2O4/c1-3-10-25-19-24(20-29(38-2)30(25)39-22-23-15-17-28(33)18-16-23)21-34-35-31(36)32(37,26-11-6-4-7-12-26)27-13-8-5-9-14-27/h3-9,11-21,37H,1,10,22H2,2H3,(H,35,36)/b34-21-. The fraction of sp³-hybridized carbons (Fsp3) is 0.125. The largest absolute Gasteiger partial charge is 0.493 e. The van der Waals surface area contributed by atoms with Crippen LogP contribution in [0.15, 0.2) is 115 Å². The Kier molecular flexibility index (Phi) is 8.86. The van der Waals surface area contributed by atoms with Crippen LogP contribution in [0.5, 0.6) is 11.5 Å². The average molecular weight is 525 g/mol. The summed E-state index contributed by atoms with van der Waals surface area (Å²) in [5.74, 6) is -0.0150. The van der Waals surface area contributed by atoms with Gasteiger partial charge in [-0.15, -0.1) is 6.58 Å². The number of carbonyl (C=O) groups is 1. The molecule has 0 bridgehead atoms. The predicted molar refractivity (Wildman–Crippen MR) is 149 cm³/mol. The van der Waals surface area contributed by atoms with Gasteiger partial charge in [0.15, 0.2) is 17.1 Å². The summed E-state index contributed by atoms with van der Waals surface area (Å²) in [6.45, 7) is 4.05. The molecule has 0 saturated carbocycles. The monoisotopic (exact) mass is 524 g/mol. The number of amides is 1. The lowest BCUT2D eigenvalue weighted by molar-refractivity contribution is -0.136. The number of hydrogen-bond acceptors (Lipinski definition) is 5. The van der Waals surface area contributed by atoms with E-state index in [4.69, 9.17) is 9.47 Å². The number of ether oxygens (including phenoxy) is 2. The SMILES string of the molecule is C=CCc1cc(/C=N\NC(=O)C(O)(c2ccccc2)c2ccccc2)cc(OC)c1OCc1ccc(F)cc1. The Hall–Kier alpha value is -4.75. The molecule has 1 amide bonds. The van der Waals surface area contributed by atoms with Crippen molar-refractivity contribution >= 4 is 12.1 Å². The van der Waals surface area contributed by atoms with E-state index < -0.39 is 11.5 Å². The van der Waals surface area contributed by atoms with Crippen molar-refractivity contribution in [1.29, 1.82) is 0 Å². The maximum Gasteiger partial charge on any atom is 0.281 e. The molecule has 0 aliphatic heterocycles. The van der Waals surface area contributed by atoms with Crippen LogP contribution in [-0.4, -0.2) is 24.3 Å². The molecule has 39 heavy (non-hydrogen) atoms. The van der Waals surface area contributed by atoms with Crippen molar-refractivity contribution in [2.24, 2.45) is 5.10 Å². The molecular weight excluding hydrogens is 495 g/mol. The zero-order valence-corrected chi connectivity index (χ0v) is 21.5. The summed E-state index contributed by atoms with van der Waals surface area (Å²) in [6.07, 6.45) is 3.69. The second-order valence-corrected chi connectivity index (χ2v) is 8.76. The fourth-order valence-corrected chi connectivity index (χ4v) is 4.15. The summed E-state index contributed by atoms with van der Waals surface area (Å²) in [5.41, 5.74) is 3.62. The van der Waals surface area contributed by atoms with Crippen LogP contribution in [0.4, 0.5) is 4.39 Å². The number of aliphatic hydroxyl groups is 1. The molecule has 0 heterocycles. The third kappa shape index (κ3) is 6.40. The van der Waals surface area contributed by atoms with Crippen molar-refractivity contribution in [2.75, 3.05) is 7.11 Å². The van der Waals surface area contributed by atoms with E-state index in [0.717, 1.165) is 11.1 Å². The van der Waals surface area contributed by atoms with Gasteiger partial charge in [0.1, 0.15) is 12.4 Å². The third-order valence-corrected chi connectivity index (χ3v) is 6.13. The molecular formula is C32H29FN2O4. The topological polar surface area (TPSA) is 80.2 Å². The highest BCUT2D eigenvalue weighted by Crippen LogP contribution is 2.34. The Morgan fingerprint density at radius 3 is 2.18 bits per heavy atom. The number of rotatable bonds is 11. The zero-order valence-electron chi connectivity index (χ0n) is 21.5. The van der Waals surface area contributed by atoms with E-state index in [0.29, 0.717) is 34.6 Å². The first-order valence-electron chi connectivity index (χ1n) is 12.3. The summed E-state index contributed by atoms with van der Waals surface area (Å²) in [7, 11) is 1.53. The summed E-state index contributed by atoms with van der Waals surface area (Å²) in [6, 6.07) is 27.1. The highest BCUT2D eigenvalue weighted by Gasteiger charge is 2.39. The lowest BCUT2D eigenvalue weighted by atomic mass is 9.85. The van der Waals surface area contributed by atoms with Gasteiger partial charge in [0, 0.05) is 5.56 Å². The number of methoxy groups -OCH3 is 1. The molecule has 4 rings (SSSR count). The molecule has 198 valence electrons. The number of nitrogens with zero attached hydrogens (tertiary/aromatic N) is 1. The normalized spacial score (nSPS) is 11.3. The van der Waals surface area contributed by atoms with Gasteiger partial charge in [0.05, 0.1) is 13.3 Å². The molecule has 0 fully saturated rings. The van der Waals surface area contributed by atoms with Crippen molar-refractivity contribution in [3.05, 3.63) is 143 Å². The van der Waals surface area contributed by atoms with Crippen LogP contribution in [-0.2, 0) is 23.4 Å². The van der Waals surface area contributed by atoms with Gasteiger partial charge in [-0.3, -0.25) is 4.79 Å². The highest BCUT2D eigenvalue weighted by molar-refractivity contribution is 5.91. The highest BCUT2D eigenvalue weighted by atomic mass is 19.1. The van der Waals surface area contributed by atoms with Gasteiger partial charge in [-0.1, -0.05) is 78.9 Å². The Labute approximate surface area is 227 Å². The van der Waals surface area contributed by atoms with E-state index in [1.165, 1.54) is 25.5 Å². The number of allylic oxidation sites excluding steroid dienone is 1. The molecule has 4 aromatic carbocycles. The van der Waals surface area contributed by atoms with Crippen LogP contribution < -0.4 is 14.9 Å². The second kappa shape index (κ2) is 12.7. The molecule has 2 N–H and O–H groups in total. The van der Waals surface area contributed by atoms with Crippen molar-refractivity contribution in [2.45, 2.75) is 18.6 Å². The molecule has 0 unspecified atom stereocenters. The van der Waals surface area contributed by atoms with Crippen LogP contribution in [0.3, 0.4) is 0 Å². The number of halogens is 1. The van der Waals surface area contributed by atoms with E-state index in [2.05, 4.69) is 17.1 Å². The summed E-state index contributed by atoms with van der Waals surface area (Å²) >= 11 is 0. The van der Waals surface area contributed by atoms with Gasteiger partial charge in [0.25, 0.3) is 5.91 Å². The lowest BCUT2D eigenvalue weighted by Gasteiger charge is -2.27. The summed E-state index contributed by atoms with van der Waals surface area (Å²) in [5, 5.41) is 15.7. The van der Waals surface area contributed by atoms with Gasteiger partial charge in [-0.05, 0) is 52.9 Å². The lowest BCUT2D eigenvalue weighted by Crippen LogP contribution is -2.43. The summed E-state index contributed by atoms with van der Waals surface area (Å²) < 4.78 is 24.8. The van der Waals surface area contributed by atoms with E-state index in [1.807, 2.05) is 18.2 Å². The van der Waals surface area contributed by atoms with Crippen molar-refractivity contribution < 1.29 is 23.8 Å². The fourth-order valence-electron chi connectivity index (χ4n) is 4.15. The Morgan fingerprint density at radius 2 is 1.62 bits per heavy atom. The summed E-state index contributed by atoms with van der Waals surface area (Å²) in [4.78, 5) is 13.3. The molecule has 0 radical (unpaired) electrons. The maximum absolute atomic E-state index is 13.3. The number of carbonyl (C=O) groups excluding carboxylic acids is 1. The molecule has 0 spiro atoms. The third-order valence-electron chi connectivity index (χ3n) is 6.13. The van der Waals surface area contributed by atoms with E-state index in [1.54, 1.807) is 72.8 Å². The molecule has 0 saturated heterocycles. The molecule has 0 aliphatic carbocycles. The van der Waals surface area contributed by atoms with E-state index >= 15 is 0 Å². The average Bonchev–Trinajstić information content (AvgIpc) is 2.97. The number of hydrogen-bond donors (Lipinski definition) is 2. The van der Waals surface area contributed by atoms with Crippen LogP contribution in [0, 0.1) is 5.82 Å². The van der Waals surface area contributed by atoms with E-state index in [-0.39, 0.29) is 12.4 Å². The van der Waals surface area contributed by atoms with Gasteiger partial charge in [-0.2, -0.15) is 5.10 Å². The molecule has 0 aliphatic rings. The van der Waals surface area contributed by atoms with Crippen LogP contribution in [0.25, 0.3) is 0 Å². The number of nitrogens with one attached hydrogen (secondary N) is 1. The number of hydrazone groups is 1. The van der Waals surface area contributed by atoms with Crippen molar-refractivity contribution in [1.82, 2.24) is 5.43 Å². The molecule has 7 heteroatoms. The van der Waals surface area contributed by atoms with Gasteiger partial charge in [-0.25, -0.2) is 9.82 Å². The Balaban J connectivity index is 1.57. The van der Waals surface area contributed by atoms with Crippen molar-refractivity contribution in [3.8, 4) is 11.5 Å². The maximum atomic E-state index is 13.3. The Bertz CT molecular complexity index is 1400. The molecule has 0 atom stereocenters. The smallest absolute Gasteiger partial charge is 0.281 e. The van der Waals surface area contributed by atoms with Gasteiger partial charge in [0.2, 0.25) is 0 Å². The quantitative estimate of drug-likeness (QED) is 0.154. The minimum atomic E-state index is -1.94. The van der Waals surface area contributed by atoms with Crippen molar-refractivity contribution in [3.63, 3.8) is 0 Å². The van der Waals surface area contributed by atoms with E-state index in [9.17, 15) is 14.3 Å². The minimum absolute atomic E-state index is 0.224. The minimum Gasteiger partial charge on any atom is -0.493 e. The van der Waals surface area contributed by atoms with Crippen LogP contribution >= 0.6 is 0 Å². The first kappa shape index (κ1) is 27.3. The predicted octanol–water partition coefficient (Wildman–Crippen LogP) is 5.53. The van der Waals surface area contributed by atoms with Crippen LogP contribution in [0.2, 0.25) is 0 Å². The molecule has 4 aromatic rings. The molecule has 6 nitrogen and oxygen atoms in total. The second-order valence-electron chi connectivity index (χ2n) is 8.76. The zero-order chi connectivity index (χ0) is 27.7. The first-order valence-corrected chi connectivity index (χ1v) is 12.3. The van der Waals surface area contributed by atoms with Crippen LogP contribution in [0.1, 0.15) is 27.8 Å². The van der Waals surface area contributed by atoms with Gasteiger partial charge >= 0.3 is 0 Å². The number of benzene rings is 4. The van der Waals surface area contributed by atoms with Gasteiger partial charge < -0.3 is 14.6 Å².